The minimum Gasteiger partial charge on any atom is -0.491 e. The first kappa shape index (κ1) is 52.4. The Hall–Kier alpha value is -3.18. The van der Waals surface area contributed by atoms with Crippen LogP contribution in [0, 0.1) is 0 Å². The molecule has 4 rings (SSSR count). The van der Waals surface area contributed by atoms with E-state index in [0.29, 0.717) is 59.5 Å². The zero-order chi connectivity index (χ0) is 46.4. The Balaban J connectivity index is 1.95. The second-order valence-corrected chi connectivity index (χ2v) is 20.2. The van der Waals surface area contributed by atoms with Crippen LogP contribution in [0.25, 0.3) is 0 Å². The Morgan fingerprint density at radius 1 is 0.365 bits per heavy atom. The highest BCUT2D eigenvalue weighted by Crippen LogP contribution is 2.38. The van der Waals surface area contributed by atoms with Crippen LogP contribution in [-0.2, 0) is 70.1 Å². The van der Waals surface area contributed by atoms with Crippen LogP contribution < -0.4 is 14.2 Å². The Bertz CT molecular complexity index is 1560. The van der Waals surface area contributed by atoms with E-state index in [1.165, 1.54) is 16.7 Å². The average molecular weight is 874 g/mol. The summed E-state index contributed by atoms with van der Waals surface area (Å²) in [7, 11) is 0. The first-order valence-corrected chi connectivity index (χ1v) is 24.1. The molecule has 0 amide bonds. The molecule has 0 atom stereocenters. The van der Waals surface area contributed by atoms with Gasteiger partial charge in [-0.05, 0) is 109 Å². The molecule has 1 aliphatic rings. The van der Waals surface area contributed by atoms with Gasteiger partial charge in [-0.25, -0.2) is 0 Å². The number of nitrogens with zero attached hydrogens (tertiary/aromatic N) is 3. The summed E-state index contributed by atoms with van der Waals surface area (Å²) >= 11 is 0. The summed E-state index contributed by atoms with van der Waals surface area (Å²) in [6.45, 7) is 46.0. The van der Waals surface area contributed by atoms with Gasteiger partial charge in [-0.3, -0.25) is 0 Å². The second-order valence-electron chi connectivity index (χ2n) is 20.2. The minimum atomic E-state index is -0.107. The fourth-order valence-corrected chi connectivity index (χ4v) is 8.02. The number of benzene rings is 3. The lowest BCUT2D eigenvalue weighted by molar-refractivity contribution is 0.0888. The van der Waals surface area contributed by atoms with Crippen LogP contribution >= 0.6 is 0 Å². The smallest absolute Gasteiger partial charge is 0.130 e. The van der Waals surface area contributed by atoms with Gasteiger partial charge in [0.1, 0.15) is 37.1 Å². The van der Waals surface area contributed by atoms with Crippen molar-refractivity contribution in [3.05, 3.63) is 86.5 Å². The van der Waals surface area contributed by atoms with Crippen LogP contribution in [0.2, 0.25) is 0 Å². The van der Waals surface area contributed by atoms with Crippen molar-refractivity contribution >= 4 is 0 Å². The molecule has 3 aromatic carbocycles. The molecule has 0 N–H and O–H groups in total. The molecular formula is C54H87N3O6. The predicted octanol–water partition coefficient (Wildman–Crippen LogP) is 11.2. The number of fused-ring (bicyclic) bond motifs is 6. The van der Waals surface area contributed by atoms with Gasteiger partial charge < -0.3 is 43.1 Å². The normalized spacial score (nSPS) is 14.6. The molecule has 1 aliphatic heterocycles. The van der Waals surface area contributed by atoms with E-state index in [4.69, 9.17) is 28.4 Å². The van der Waals surface area contributed by atoms with Gasteiger partial charge in [-0.15, -0.1) is 0 Å². The highest BCUT2D eigenvalue weighted by Gasteiger charge is 2.25. The van der Waals surface area contributed by atoms with Gasteiger partial charge in [0, 0.05) is 53.0 Å². The quantitative estimate of drug-likeness (QED) is 0.124. The third-order valence-electron chi connectivity index (χ3n) is 12.5. The predicted molar refractivity (Wildman–Crippen MR) is 261 cm³/mol. The molecule has 9 heteroatoms. The molecule has 0 saturated carbocycles. The van der Waals surface area contributed by atoms with E-state index in [-0.39, 0.29) is 16.2 Å². The molecule has 63 heavy (non-hydrogen) atoms. The van der Waals surface area contributed by atoms with Gasteiger partial charge in [0.15, 0.2) is 0 Å². The van der Waals surface area contributed by atoms with Gasteiger partial charge in [-0.1, -0.05) is 104 Å². The van der Waals surface area contributed by atoms with E-state index < -0.39 is 0 Å². The number of ether oxygens (including phenoxy) is 6. The standard InChI is InChI=1S/C54H87N3O6/c1-16-55(17-2)22-25-61-49-40-28-46(52(7,8)9)29-41(49)35-59-37-43-31-48(54(13,14)15)33-45(51(43)63-27-24-57(20-5)21-6)39-60-38-44-32-47(53(10,11)12)30-42(36-58-34-40)50(44)62-26-23-56(18-3)19-4/h28-33H,16-27,34-39H2,1-15H3. The summed E-state index contributed by atoms with van der Waals surface area (Å²) in [5.74, 6) is 2.55. The maximum Gasteiger partial charge on any atom is 0.130 e. The van der Waals surface area contributed by atoms with Crippen molar-refractivity contribution in [1.29, 1.82) is 0 Å². The molecular weight excluding hydrogens is 787 g/mol. The zero-order valence-electron chi connectivity index (χ0n) is 42.5. The van der Waals surface area contributed by atoms with E-state index in [1.807, 2.05) is 0 Å². The average Bonchev–Trinajstić information content (AvgIpc) is 3.22. The van der Waals surface area contributed by atoms with Crippen LogP contribution in [0.5, 0.6) is 17.2 Å². The minimum absolute atomic E-state index is 0.107. The van der Waals surface area contributed by atoms with Crippen LogP contribution in [0.1, 0.15) is 154 Å². The number of likely N-dealkylation sites (N-methyl/N-ethyl adjacent to an activating group) is 3. The molecule has 0 spiro atoms. The third-order valence-corrected chi connectivity index (χ3v) is 12.5. The Morgan fingerprint density at radius 2 is 0.556 bits per heavy atom. The van der Waals surface area contributed by atoms with E-state index in [9.17, 15) is 0 Å². The summed E-state index contributed by atoms with van der Waals surface area (Å²) in [6.07, 6.45) is 0. The Labute approximate surface area is 384 Å². The largest absolute Gasteiger partial charge is 0.491 e. The highest BCUT2D eigenvalue weighted by molar-refractivity contribution is 5.49. The van der Waals surface area contributed by atoms with Crippen LogP contribution in [0.3, 0.4) is 0 Å². The van der Waals surface area contributed by atoms with Crippen molar-refractivity contribution in [2.75, 3.05) is 78.7 Å². The lowest BCUT2D eigenvalue weighted by Crippen LogP contribution is -2.28. The first-order chi connectivity index (χ1) is 29.9. The topological polar surface area (TPSA) is 65.1 Å². The fourth-order valence-electron chi connectivity index (χ4n) is 8.02. The third kappa shape index (κ3) is 15.5. The molecule has 6 bridgehead atoms. The molecule has 3 aromatic rings. The van der Waals surface area contributed by atoms with Crippen molar-refractivity contribution in [2.24, 2.45) is 0 Å². The van der Waals surface area contributed by atoms with Crippen molar-refractivity contribution in [1.82, 2.24) is 14.7 Å². The Morgan fingerprint density at radius 3 is 0.714 bits per heavy atom. The first-order valence-electron chi connectivity index (χ1n) is 24.1. The maximum atomic E-state index is 6.83. The van der Waals surface area contributed by atoms with Gasteiger partial charge in [-0.2, -0.15) is 0 Å². The van der Waals surface area contributed by atoms with Gasteiger partial charge >= 0.3 is 0 Å². The number of hydrogen-bond donors (Lipinski definition) is 0. The maximum absolute atomic E-state index is 6.83. The fraction of sp³-hybridized carbons (Fsp3) is 0.667. The lowest BCUT2D eigenvalue weighted by Gasteiger charge is -2.27. The lowest BCUT2D eigenvalue weighted by atomic mass is 9.84. The summed E-state index contributed by atoms with van der Waals surface area (Å²) in [5.41, 5.74) is 9.50. The van der Waals surface area contributed by atoms with Gasteiger partial charge in [0.25, 0.3) is 0 Å². The zero-order valence-corrected chi connectivity index (χ0v) is 42.5. The van der Waals surface area contributed by atoms with Crippen molar-refractivity contribution in [2.45, 2.75) is 160 Å². The molecule has 0 aromatic heterocycles. The highest BCUT2D eigenvalue weighted by atomic mass is 16.5. The molecule has 0 radical (unpaired) electrons. The van der Waals surface area contributed by atoms with E-state index >= 15 is 0 Å². The molecule has 0 saturated heterocycles. The van der Waals surface area contributed by atoms with Crippen molar-refractivity contribution in [3.8, 4) is 17.2 Å². The Kier molecular flexibility index (Phi) is 20.3. The summed E-state index contributed by atoms with van der Waals surface area (Å²) in [4.78, 5) is 7.19. The van der Waals surface area contributed by atoms with Crippen molar-refractivity contribution < 1.29 is 28.4 Å². The molecule has 1 heterocycles. The summed E-state index contributed by atoms with van der Waals surface area (Å²) in [6, 6.07) is 13.7. The summed E-state index contributed by atoms with van der Waals surface area (Å²) < 4.78 is 40.9. The molecule has 9 nitrogen and oxygen atoms in total. The summed E-state index contributed by atoms with van der Waals surface area (Å²) in [5, 5.41) is 0. The molecule has 354 valence electrons. The number of hydrogen-bond acceptors (Lipinski definition) is 9. The van der Waals surface area contributed by atoms with E-state index in [2.05, 4.69) is 155 Å². The van der Waals surface area contributed by atoms with Gasteiger partial charge in [0.05, 0.1) is 39.6 Å². The second kappa shape index (κ2) is 24.4. The van der Waals surface area contributed by atoms with E-state index in [0.717, 1.165) is 110 Å². The molecule has 0 unspecified atom stereocenters. The van der Waals surface area contributed by atoms with Gasteiger partial charge in [0.2, 0.25) is 0 Å². The van der Waals surface area contributed by atoms with E-state index in [1.54, 1.807) is 0 Å². The van der Waals surface area contributed by atoms with Crippen LogP contribution in [0.4, 0.5) is 0 Å². The van der Waals surface area contributed by atoms with Crippen molar-refractivity contribution in [3.63, 3.8) is 0 Å². The molecule has 0 aliphatic carbocycles. The van der Waals surface area contributed by atoms with Crippen LogP contribution in [-0.4, -0.2) is 93.4 Å². The molecule has 0 fully saturated rings. The van der Waals surface area contributed by atoms with Crippen LogP contribution in [0.15, 0.2) is 36.4 Å². The SMILES string of the molecule is CCN(CC)CCOc1c2cc(C(C)(C)C)cc1COCc1cc(C(C)(C)C)cc(c1OCCN(CC)CC)COCc1cc(C(C)(C)C)cc(c1OCCN(CC)CC)COC2. The monoisotopic (exact) mass is 874 g/mol. The number of rotatable bonds is 18.